The second-order valence-corrected chi connectivity index (χ2v) is 6.88. The highest BCUT2D eigenvalue weighted by Crippen LogP contribution is 2.25. The van der Waals surface area contributed by atoms with Crippen LogP contribution in [0.3, 0.4) is 0 Å². The van der Waals surface area contributed by atoms with E-state index in [-0.39, 0.29) is 16.3 Å². The van der Waals surface area contributed by atoms with E-state index in [1.807, 2.05) is 6.07 Å². The van der Waals surface area contributed by atoms with Crippen LogP contribution in [0.1, 0.15) is 11.4 Å². The second kappa shape index (κ2) is 7.89. The van der Waals surface area contributed by atoms with Crippen LogP contribution in [0.5, 0.6) is 5.75 Å². The Morgan fingerprint density at radius 2 is 2.15 bits per heavy atom. The number of nitrogens with zero attached hydrogens (tertiary/aromatic N) is 3. The summed E-state index contributed by atoms with van der Waals surface area (Å²) in [6, 6.07) is 10.0. The normalized spacial score (nSPS) is 11.2. The number of hydrogen-bond acceptors (Lipinski definition) is 5. The Kier molecular flexibility index (Phi) is 5.57. The largest absolute Gasteiger partial charge is 0.480 e. The van der Waals surface area contributed by atoms with E-state index < -0.39 is 12.6 Å². The maximum Gasteiger partial charge on any atom is 0.341 e. The van der Waals surface area contributed by atoms with Gasteiger partial charge in [-0.25, -0.2) is 9.78 Å². The predicted octanol–water partition coefficient (Wildman–Crippen LogP) is 3.47. The van der Waals surface area contributed by atoms with E-state index in [0.717, 1.165) is 4.47 Å². The molecule has 0 bridgehead atoms. The van der Waals surface area contributed by atoms with Gasteiger partial charge in [0.2, 0.25) is 0 Å². The molecule has 3 aromatic rings. The van der Waals surface area contributed by atoms with Gasteiger partial charge in [-0.2, -0.15) is 9.78 Å². The molecule has 0 radical (unpaired) electrons. The van der Waals surface area contributed by atoms with Crippen molar-refractivity contribution in [3.8, 4) is 5.75 Å². The Morgan fingerprint density at radius 3 is 2.85 bits per heavy atom. The summed E-state index contributed by atoms with van der Waals surface area (Å²) in [4.78, 5) is 27.6. The minimum Gasteiger partial charge on any atom is -0.480 e. The summed E-state index contributed by atoms with van der Waals surface area (Å²) in [6.45, 7) is 1.20. The van der Waals surface area contributed by atoms with Gasteiger partial charge in [0, 0.05) is 4.47 Å². The number of aromatic nitrogens is 2. The van der Waals surface area contributed by atoms with E-state index in [4.69, 9.17) is 21.4 Å². The third kappa shape index (κ3) is 4.35. The van der Waals surface area contributed by atoms with E-state index in [2.05, 4.69) is 26.0 Å². The molecule has 2 aromatic carbocycles. The molecular weight excluding hydrogens is 438 g/mol. The molecule has 0 unspecified atom stereocenters. The lowest BCUT2D eigenvalue weighted by molar-refractivity contribution is -0.139. The van der Waals surface area contributed by atoms with Crippen molar-refractivity contribution >= 4 is 50.6 Å². The van der Waals surface area contributed by atoms with Gasteiger partial charge >= 0.3 is 5.97 Å². The topological polar surface area (TPSA) is 93.8 Å². The summed E-state index contributed by atoms with van der Waals surface area (Å²) in [7, 11) is 0. The van der Waals surface area contributed by atoms with Crippen LogP contribution in [-0.2, 0) is 4.79 Å². The van der Waals surface area contributed by atoms with Gasteiger partial charge in [-0.15, -0.1) is 0 Å². The molecule has 0 aliphatic rings. The van der Waals surface area contributed by atoms with Gasteiger partial charge in [0.25, 0.3) is 5.56 Å². The quantitative estimate of drug-likeness (QED) is 0.601. The lowest BCUT2D eigenvalue weighted by Crippen LogP contribution is -2.20. The molecule has 0 aliphatic carbocycles. The number of halogens is 2. The molecule has 1 N–H and O–H groups in total. The smallest absolute Gasteiger partial charge is 0.341 e. The SMILES string of the molecule is Cc1nc2ccc(Br)cc2c(=O)n1N=Cc1ccc(OCC(=O)O)c(Cl)c1. The lowest BCUT2D eigenvalue weighted by Gasteiger charge is -2.07. The fourth-order valence-corrected chi connectivity index (χ4v) is 2.98. The molecular formula is C18H13BrClN3O4. The van der Waals surface area contributed by atoms with Gasteiger partial charge in [0.1, 0.15) is 11.6 Å². The Hall–Kier alpha value is -2.71. The highest BCUT2D eigenvalue weighted by molar-refractivity contribution is 9.10. The van der Waals surface area contributed by atoms with Crippen LogP contribution in [0.15, 0.2) is 50.8 Å². The molecule has 1 heterocycles. The molecule has 3 rings (SSSR count). The maximum atomic E-state index is 12.7. The number of carbonyl (C=O) groups is 1. The van der Waals surface area contributed by atoms with Crippen LogP contribution in [-0.4, -0.2) is 33.6 Å². The Labute approximate surface area is 167 Å². The molecule has 0 amide bonds. The Morgan fingerprint density at radius 1 is 1.37 bits per heavy atom. The molecule has 27 heavy (non-hydrogen) atoms. The molecule has 9 heteroatoms. The summed E-state index contributed by atoms with van der Waals surface area (Å²) in [5, 5.41) is 13.5. The number of aliphatic carboxylic acids is 1. The Balaban J connectivity index is 1.93. The van der Waals surface area contributed by atoms with Gasteiger partial charge in [-0.05, 0) is 48.9 Å². The lowest BCUT2D eigenvalue weighted by atomic mass is 10.2. The van der Waals surface area contributed by atoms with Crippen molar-refractivity contribution in [1.29, 1.82) is 0 Å². The fourth-order valence-electron chi connectivity index (χ4n) is 2.37. The number of ether oxygens (including phenoxy) is 1. The standard InChI is InChI=1S/C18H13BrClN3O4/c1-10-22-15-4-3-12(19)7-13(15)18(26)23(10)21-8-11-2-5-16(14(20)6-11)27-9-17(24)25/h2-8H,9H2,1H3,(H,24,25). The predicted molar refractivity (Wildman–Crippen MR) is 106 cm³/mol. The van der Waals surface area contributed by atoms with Gasteiger partial charge in [0.15, 0.2) is 6.61 Å². The first kappa shape index (κ1) is 19.1. The number of fused-ring (bicyclic) bond motifs is 1. The third-order valence-electron chi connectivity index (χ3n) is 3.60. The molecule has 7 nitrogen and oxygen atoms in total. The minimum atomic E-state index is -1.10. The third-order valence-corrected chi connectivity index (χ3v) is 4.39. The first-order chi connectivity index (χ1) is 12.8. The fraction of sp³-hybridized carbons (Fsp3) is 0.111. The van der Waals surface area contributed by atoms with Gasteiger partial charge in [0.05, 0.1) is 22.1 Å². The highest BCUT2D eigenvalue weighted by atomic mass is 79.9. The van der Waals surface area contributed by atoms with E-state index in [9.17, 15) is 9.59 Å². The average Bonchev–Trinajstić information content (AvgIpc) is 2.61. The van der Waals surface area contributed by atoms with Crippen LogP contribution < -0.4 is 10.3 Å². The summed E-state index contributed by atoms with van der Waals surface area (Å²) in [6.07, 6.45) is 1.47. The molecule has 1 aromatic heterocycles. The molecule has 138 valence electrons. The molecule has 0 saturated heterocycles. The van der Waals surface area contributed by atoms with Crippen molar-refractivity contribution in [1.82, 2.24) is 9.66 Å². The first-order valence-corrected chi connectivity index (χ1v) is 8.89. The summed E-state index contributed by atoms with van der Waals surface area (Å²) >= 11 is 9.43. The van der Waals surface area contributed by atoms with E-state index in [1.165, 1.54) is 17.0 Å². The molecule has 0 saturated carbocycles. The van der Waals surface area contributed by atoms with Crippen LogP contribution in [0.2, 0.25) is 5.02 Å². The van der Waals surface area contributed by atoms with Crippen LogP contribution in [0, 0.1) is 6.92 Å². The van der Waals surface area contributed by atoms with E-state index in [0.29, 0.717) is 22.3 Å². The van der Waals surface area contributed by atoms with Crippen LogP contribution in [0.25, 0.3) is 10.9 Å². The zero-order valence-corrected chi connectivity index (χ0v) is 16.4. The summed E-state index contributed by atoms with van der Waals surface area (Å²) in [5.41, 5.74) is 0.918. The Bertz CT molecular complexity index is 1130. The number of benzene rings is 2. The minimum absolute atomic E-state index is 0.241. The molecule has 0 atom stereocenters. The number of rotatable bonds is 5. The van der Waals surface area contributed by atoms with Gasteiger partial charge in [-0.1, -0.05) is 27.5 Å². The van der Waals surface area contributed by atoms with Crippen molar-refractivity contribution in [2.75, 3.05) is 6.61 Å². The summed E-state index contributed by atoms with van der Waals surface area (Å²) in [5.74, 6) is -0.401. The average molecular weight is 451 g/mol. The van der Waals surface area contributed by atoms with Gasteiger partial charge in [-0.3, -0.25) is 4.79 Å². The van der Waals surface area contributed by atoms with Crippen molar-refractivity contribution in [2.24, 2.45) is 5.10 Å². The second-order valence-electron chi connectivity index (χ2n) is 5.55. The number of aryl methyl sites for hydroxylation is 1. The number of carboxylic acid groups (broad SMARTS) is 1. The van der Waals surface area contributed by atoms with Crippen molar-refractivity contribution in [3.05, 3.63) is 67.6 Å². The highest BCUT2D eigenvalue weighted by Gasteiger charge is 2.08. The zero-order chi connectivity index (χ0) is 19.6. The van der Waals surface area contributed by atoms with E-state index in [1.54, 1.807) is 31.2 Å². The molecule has 0 fully saturated rings. The molecule has 0 aliphatic heterocycles. The summed E-state index contributed by atoms with van der Waals surface area (Å²) < 4.78 is 7.05. The maximum absolute atomic E-state index is 12.7. The van der Waals surface area contributed by atoms with Gasteiger partial charge < -0.3 is 9.84 Å². The van der Waals surface area contributed by atoms with E-state index >= 15 is 0 Å². The van der Waals surface area contributed by atoms with Crippen LogP contribution >= 0.6 is 27.5 Å². The van der Waals surface area contributed by atoms with Crippen molar-refractivity contribution in [2.45, 2.75) is 6.92 Å². The molecule has 0 spiro atoms. The van der Waals surface area contributed by atoms with Crippen LogP contribution in [0.4, 0.5) is 0 Å². The number of carboxylic acids is 1. The number of hydrogen-bond donors (Lipinski definition) is 1. The zero-order valence-electron chi connectivity index (χ0n) is 14.0. The van der Waals surface area contributed by atoms with Crippen molar-refractivity contribution < 1.29 is 14.6 Å². The first-order valence-electron chi connectivity index (χ1n) is 7.72. The monoisotopic (exact) mass is 449 g/mol. The van der Waals surface area contributed by atoms with Crippen molar-refractivity contribution in [3.63, 3.8) is 0 Å².